The molecule has 1 aliphatic heterocycles. The summed E-state index contributed by atoms with van der Waals surface area (Å²) in [5, 5.41) is 2.27. The number of hydrogen-bond donors (Lipinski definition) is 2. The number of carbonyl (C=O) groups excluding carboxylic acids is 2. The number of alkyl halides is 3. The summed E-state index contributed by atoms with van der Waals surface area (Å²) >= 11 is 0. The first-order chi connectivity index (χ1) is 20.1. The molecule has 1 aliphatic carbocycles. The van der Waals surface area contributed by atoms with E-state index < -0.39 is 23.5 Å². The SMILES string of the molecule is Nc1nccn2c(N3CCC4(CCCC4=C=O)CC3)nc(-c3ccc(C(=O)Nc4cc(C(F)(F)F)ccn4)cc3F)c12. The molecule has 0 unspecified atom stereocenters. The van der Waals surface area contributed by atoms with E-state index in [1.54, 1.807) is 10.6 Å². The summed E-state index contributed by atoms with van der Waals surface area (Å²) in [6.45, 7) is 1.27. The fourth-order valence-corrected chi connectivity index (χ4v) is 6.04. The number of piperidine rings is 1. The molecule has 1 saturated carbocycles. The van der Waals surface area contributed by atoms with Crippen LogP contribution in [0.3, 0.4) is 0 Å². The maximum absolute atomic E-state index is 15.5. The van der Waals surface area contributed by atoms with E-state index in [0.29, 0.717) is 30.6 Å². The van der Waals surface area contributed by atoms with E-state index in [4.69, 9.17) is 10.7 Å². The van der Waals surface area contributed by atoms with E-state index >= 15 is 4.39 Å². The highest BCUT2D eigenvalue weighted by atomic mass is 19.4. The van der Waals surface area contributed by atoms with Crippen molar-refractivity contribution < 1.29 is 27.2 Å². The molecule has 4 heterocycles. The standard InChI is InChI=1S/C29H25F4N7O2/c30-21-14-17(26(42)37-22-15-18(5-9-35-22)29(31,32)33)3-4-20(21)23-24-25(34)36-10-13-40(24)27(38-23)39-11-7-28(8-12-39)6-1-2-19(28)16-41/h3-5,9-10,13-15H,1-2,6-8,11-12H2,(H2,34,36)(H,35,37,42). The van der Waals surface area contributed by atoms with Gasteiger partial charge < -0.3 is 16.0 Å². The first kappa shape index (κ1) is 27.4. The monoisotopic (exact) mass is 579 g/mol. The minimum atomic E-state index is -4.61. The Kier molecular flexibility index (Phi) is 6.69. The van der Waals surface area contributed by atoms with E-state index in [0.717, 1.165) is 56.0 Å². The average molecular weight is 580 g/mol. The molecule has 1 saturated heterocycles. The third-order valence-corrected chi connectivity index (χ3v) is 8.23. The highest BCUT2D eigenvalue weighted by Gasteiger charge is 2.42. The molecule has 3 aromatic heterocycles. The first-order valence-corrected chi connectivity index (χ1v) is 13.4. The van der Waals surface area contributed by atoms with Gasteiger partial charge >= 0.3 is 6.18 Å². The Morgan fingerprint density at radius 3 is 2.57 bits per heavy atom. The maximum atomic E-state index is 15.5. The van der Waals surface area contributed by atoms with Gasteiger partial charge in [0.05, 0.1) is 5.56 Å². The second-order valence-electron chi connectivity index (χ2n) is 10.6. The summed E-state index contributed by atoms with van der Waals surface area (Å²) in [6.07, 6.45) is 3.82. The van der Waals surface area contributed by atoms with Crippen molar-refractivity contribution in [2.45, 2.75) is 38.3 Å². The lowest BCUT2D eigenvalue weighted by Gasteiger charge is -2.39. The normalized spacial score (nSPS) is 16.7. The van der Waals surface area contributed by atoms with Crippen LogP contribution in [0.2, 0.25) is 0 Å². The molecule has 4 aromatic rings. The highest BCUT2D eigenvalue weighted by molar-refractivity contribution is 6.04. The number of aromatic nitrogens is 4. The second kappa shape index (κ2) is 10.3. The number of carbonyl (C=O) groups is 1. The van der Waals surface area contributed by atoms with E-state index in [9.17, 15) is 22.8 Å². The lowest BCUT2D eigenvalue weighted by Crippen LogP contribution is -2.40. The number of nitrogens with zero attached hydrogens (tertiary/aromatic N) is 5. The first-order valence-electron chi connectivity index (χ1n) is 13.4. The highest BCUT2D eigenvalue weighted by Crippen LogP contribution is 2.49. The van der Waals surface area contributed by atoms with Crippen molar-refractivity contribution >= 4 is 34.9 Å². The van der Waals surface area contributed by atoms with Crippen molar-refractivity contribution in [3.8, 4) is 11.3 Å². The summed E-state index contributed by atoms with van der Waals surface area (Å²) in [7, 11) is 0. The van der Waals surface area contributed by atoms with Crippen LogP contribution in [0.15, 0.2) is 54.5 Å². The summed E-state index contributed by atoms with van der Waals surface area (Å²) in [5.41, 5.74) is 6.55. The van der Waals surface area contributed by atoms with Gasteiger partial charge in [0.15, 0.2) is 0 Å². The number of nitrogens with two attached hydrogens (primary N) is 1. The van der Waals surface area contributed by atoms with Crippen molar-refractivity contribution in [3.63, 3.8) is 0 Å². The average Bonchev–Trinajstić information content (AvgIpc) is 3.55. The van der Waals surface area contributed by atoms with Gasteiger partial charge in [-0.3, -0.25) is 9.20 Å². The van der Waals surface area contributed by atoms with Gasteiger partial charge in [-0.15, -0.1) is 0 Å². The topological polar surface area (TPSA) is 119 Å². The summed E-state index contributed by atoms with van der Waals surface area (Å²) in [6, 6.07) is 5.17. The number of fused-ring (bicyclic) bond motifs is 1. The number of halogens is 4. The number of benzene rings is 1. The van der Waals surface area contributed by atoms with Crippen molar-refractivity contribution in [2.75, 3.05) is 29.0 Å². The molecule has 0 bridgehead atoms. The number of nitrogen functional groups attached to an aromatic ring is 1. The molecule has 2 aliphatic rings. The van der Waals surface area contributed by atoms with Gasteiger partial charge in [-0.25, -0.2) is 24.1 Å². The van der Waals surface area contributed by atoms with Crippen LogP contribution in [0, 0.1) is 11.2 Å². The Hall–Kier alpha value is -4.77. The molecule has 13 heteroatoms. The molecule has 1 amide bonds. The van der Waals surface area contributed by atoms with E-state index in [1.165, 1.54) is 18.3 Å². The fourth-order valence-electron chi connectivity index (χ4n) is 6.04. The number of hydrogen-bond acceptors (Lipinski definition) is 7. The zero-order chi connectivity index (χ0) is 29.6. The molecule has 6 rings (SSSR count). The Morgan fingerprint density at radius 1 is 1.07 bits per heavy atom. The zero-order valence-corrected chi connectivity index (χ0v) is 22.2. The molecule has 0 atom stereocenters. The third-order valence-electron chi connectivity index (χ3n) is 8.23. The molecule has 1 aromatic carbocycles. The Morgan fingerprint density at radius 2 is 1.86 bits per heavy atom. The van der Waals surface area contributed by atoms with Crippen LogP contribution in [0.1, 0.15) is 48.0 Å². The van der Waals surface area contributed by atoms with Gasteiger partial charge in [-0.2, -0.15) is 13.2 Å². The van der Waals surface area contributed by atoms with E-state index in [2.05, 4.69) is 26.1 Å². The number of pyridine rings is 1. The number of amides is 1. The Labute approximate surface area is 237 Å². The van der Waals surface area contributed by atoms with Crippen molar-refractivity contribution in [1.82, 2.24) is 19.4 Å². The molecular formula is C29H25F4N7O2. The summed E-state index contributed by atoms with van der Waals surface area (Å²) < 4.78 is 56.3. The predicted molar refractivity (Wildman–Crippen MR) is 147 cm³/mol. The van der Waals surface area contributed by atoms with Gasteiger partial charge in [0.1, 0.15) is 34.6 Å². The van der Waals surface area contributed by atoms with Crippen LogP contribution in [-0.4, -0.2) is 44.3 Å². The van der Waals surface area contributed by atoms with Crippen LogP contribution in [0.5, 0.6) is 0 Å². The molecule has 1 spiro atoms. The molecule has 0 radical (unpaired) electrons. The molecular weight excluding hydrogens is 554 g/mol. The van der Waals surface area contributed by atoms with Crippen LogP contribution in [-0.2, 0) is 11.0 Å². The Balaban J connectivity index is 1.29. The largest absolute Gasteiger partial charge is 0.416 e. The third kappa shape index (κ3) is 4.75. The zero-order valence-electron chi connectivity index (χ0n) is 22.2. The van der Waals surface area contributed by atoms with Gasteiger partial charge in [0.25, 0.3) is 5.91 Å². The molecule has 42 heavy (non-hydrogen) atoms. The Bertz CT molecular complexity index is 1750. The molecule has 2 fully saturated rings. The minimum absolute atomic E-state index is 0.0719. The molecule has 3 N–H and O–H groups in total. The number of anilines is 3. The van der Waals surface area contributed by atoms with Crippen LogP contribution < -0.4 is 16.0 Å². The fraction of sp³-hybridized carbons (Fsp3) is 0.310. The quantitative estimate of drug-likeness (QED) is 0.248. The minimum Gasteiger partial charge on any atom is -0.382 e. The number of allylic oxidation sites excluding steroid dienone is 1. The van der Waals surface area contributed by atoms with E-state index in [-0.39, 0.29) is 33.9 Å². The predicted octanol–water partition coefficient (Wildman–Crippen LogP) is 5.31. The number of imidazole rings is 1. The smallest absolute Gasteiger partial charge is 0.382 e. The van der Waals surface area contributed by atoms with Gasteiger partial charge in [-0.05, 0) is 62.4 Å². The van der Waals surface area contributed by atoms with Crippen molar-refractivity contribution in [2.24, 2.45) is 5.41 Å². The second-order valence-corrected chi connectivity index (χ2v) is 10.6. The van der Waals surface area contributed by atoms with Crippen molar-refractivity contribution in [1.29, 1.82) is 0 Å². The van der Waals surface area contributed by atoms with Gasteiger partial charge in [0, 0.05) is 53.8 Å². The van der Waals surface area contributed by atoms with E-state index in [1.807, 2.05) is 0 Å². The summed E-state index contributed by atoms with van der Waals surface area (Å²) in [5.74, 6) is 0.924. The molecule has 9 nitrogen and oxygen atoms in total. The lowest BCUT2D eigenvalue weighted by atomic mass is 9.74. The van der Waals surface area contributed by atoms with Gasteiger partial charge in [0.2, 0.25) is 5.95 Å². The number of nitrogens with one attached hydrogen (secondary N) is 1. The lowest BCUT2D eigenvalue weighted by molar-refractivity contribution is -0.137. The number of rotatable bonds is 4. The van der Waals surface area contributed by atoms with Crippen LogP contribution in [0.4, 0.5) is 35.1 Å². The summed E-state index contributed by atoms with van der Waals surface area (Å²) in [4.78, 5) is 39.0. The van der Waals surface area contributed by atoms with Crippen molar-refractivity contribution in [3.05, 3.63) is 71.4 Å². The molecule has 216 valence electrons. The van der Waals surface area contributed by atoms with Crippen LogP contribution >= 0.6 is 0 Å². The van der Waals surface area contributed by atoms with Crippen LogP contribution in [0.25, 0.3) is 16.8 Å². The van der Waals surface area contributed by atoms with Gasteiger partial charge in [-0.1, -0.05) is 0 Å². The maximum Gasteiger partial charge on any atom is 0.416 e.